The van der Waals surface area contributed by atoms with Crippen molar-refractivity contribution >= 4 is 5.69 Å². The Bertz CT molecular complexity index is 385. The number of aromatic hydroxyl groups is 2. The molecule has 1 aromatic carbocycles. The van der Waals surface area contributed by atoms with Gasteiger partial charge in [0.2, 0.25) is 0 Å². The molecule has 4 heteroatoms. The molecule has 1 fully saturated rings. The number of hydrogen-bond acceptors (Lipinski definition) is 4. The van der Waals surface area contributed by atoms with E-state index in [1.165, 1.54) is 6.07 Å². The van der Waals surface area contributed by atoms with E-state index in [9.17, 15) is 10.2 Å². The molecular formula is C13H20N2O2. The largest absolute Gasteiger partial charge is 0.508 e. The Kier molecular flexibility index (Phi) is 3.43. The summed E-state index contributed by atoms with van der Waals surface area (Å²) in [6.07, 6.45) is 0. The maximum absolute atomic E-state index is 9.80. The minimum absolute atomic E-state index is 0.198. The Hall–Kier alpha value is -1.42. The van der Waals surface area contributed by atoms with Gasteiger partial charge < -0.3 is 15.1 Å². The first-order valence-corrected chi connectivity index (χ1v) is 6.09. The van der Waals surface area contributed by atoms with Crippen molar-refractivity contribution in [1.82, 2.24) is 4.90 Å². The molecule has 2 rings (SSSR count). The van der Waals surface area contributed by atoms with Crippen molar-refractivity contribution in [2.75, 3.05) is 31.1 Å². The van der Waals surface area contributed by atoms with Gasteiger partial charge in [0, 0.05) is 38.3 Å². The van der Waals surface area contributed by atoms with E-state index in [0.29, 0.717) is 6.04 Å². The minimum Gasteiger partial charge on any atom is -0.508 e. The zero-order valence-corrected chi connectivity index (χ0v) is 10.4. The topological polar surface area (TPSA) is 46.9 Å². The second-order valence-electron chi connectivity index (χ2n) is 4.79. The fourth-order valence-corrected chi connectivity index (χ4v) is 2.24. The van der Waals surface area contributed by atoms with Crippen LogP contribution in [0.15, 0.2) is 18.2 Å². The molecule has 1 saturated heterocycles. The molecule has 94 valence electrons. The van der Waals surface area contributed by atoms with Crippen molar-refractivity contribution in [2.45, 2.75) is 19.9 Å². The second kappa shape index (κ2) is 4.84. The lowest BCUT2D eigenvalue weighted by Gasteiger charge is -2.38. The summed E-state index contributed by atoms with van der Waals surface area (Å²) >= 11 is 0. The number of hydrogen-bond donors (Lipinski definition) is 2. The van der Waals surface area contributed by atoms with Crippen molar-refractivity contribution in [1.29, 1.82) is 0 Å². The zero-order chi connectivity index (χ0) is 12.4. The van der Waals surface area contributed by atoms with Crippen molar-refractivity contribution in [3.05, 3.63) is 18.2 Å². The zero-order valence-electron chi connectivity index (χ0n) is 10.4. The predicted molar refractivity (Wildman–Crippen MR) is 68.7 cm³/mol. The highest BCUT2D eigenvalue weighted by Gasteiger charge is 2.20. The van der Waals surface area contributed by atoms with Crippen molar-refractivity contribution in [3.8, 4) is 11.5 Å². The maximum atomic E-state index is 9.80. The molecule has 1 aliphatic rings. The summed E-state index contributed by atoms with van der Waals surface area (Å²) in [6, 6.07) is 5.23. The normalized spacial score (nSPS) is 17.7. The first-order chi connectivity index (χ1) is 8.08. The van der Waals surface area contributed by atoms with Crippen LogP contribution in [0.3, 0.4) is 0 Å². The minimum atomic E-state index is 0.198. The molecular weight excluding hydrogens is 216 g/mol. The number of rotatable bonds is 2. The van der Waals surface area contributed by atoms with Gasteiger partial charge in [-0.3, -0.25) is 4.90 Å². The third-order valence-corrected chi connectivity index (χ3v) is 3.34. The second-order valence-corrected chi connectivity index (χ2v) is 4.79. The molecule has 4 nitrogen and oxygen atoms in total. The van der Waals surface area contributed by atoms with Gasteiger partial charge in [0.25, 0.3) is 0 Å². The van der Waals surface area contributed by atoms with Gasteiger partial charge in [-0.2, -0.15) is 0 Å². The fourth-order valence-electron chi connectivity index (χ4n) is 2.24. The summed E-state index contributed by atoms with van der Waals surface area (Å²) in [4.78, 5) is 4.53. The van der Waals surface area contributed by atoms with Gasteiger partial charge in [-0.1, -0.05) is 0 Å². The molecule has 1 aliphatic heterocycles. The van der Waals surface area contributed by atoms with Gasteiger partial charge in [-0.05, 0) is 26.0 Å². The fraction of sp³-hybridized carbons (Fsp3) is 0.538. The van der Waals surface area contributed by atoms with E-state index in [-0.39, 0.29) is 11.5 Å². The summed E-state index contributed by atoms with van der Waals surface area (Å²) in [7, 11) is 0. The van der Waals surface area contributed by atoms with Crippen LogP contribution in [-0.2, 0) is 0 Å². The molecule has 0 saturated carbocycles. The SMILES string of the molecule is CC(C)N1CCN(c2cc(O)ccc2O)CC1. The molecule has 0 aliphatic carbocycles. The van der Waals surface area contributed by atoms with E-state index in [2.05, 4.69) is 23.6 Å². The van der Waals surface area contributed by atoms with Crippen LogP contribution in [0.5, 0.6) is 11.5 Å². The van der Waals surface area contributed by atoms with Crippen LogP contribution >= 0.6 is 0 Å². The molecule has 1 heterocycles. The van der Waals surface area contributed by atoms with Gasteiger partial charge in [0.1, 0.15) is 11.5 Å². The highest BCUT2D eigenvalue weighted by atomic mass is 16.3. The van der Waals surface area contributed by atoms with Crippen LogP contribution in [0.2, 0.25) is 0 Å². The first-order valence-electron chi connectivity index (χ1n) is 6.09. The van der Waals surface area contributed by atoms with Gasteiger partial charge in [0.15, 0.2) is 0 Å². The van der Waals surface area contributed by atoms with Crippen LogP contribution in [0.4, 0.5) is 5.69 Å². The van der Waals surface area contributed by atoms with Crippen LogP contribution in [0.25, 0.3) is 0 Å². The summed E-state index contributed by atoms with van der Waals surface area (Å²) in [5, 5.41) is 19.3. The predicted octanol–water partition coefficient (Wildman–Crippen LogP) is 1.63. The first kappa shape index (κ1) is 12.0. The van der Waals surface area contributed by atoms with Crippen molar-refractivity contribution in [2.24, 2.45) is 0 Å². The highest BCUT2D eigenvalue weighted by Crippen LogP contribution is 2.31. The van der Waals surface area contributed by atoms with E-state index in [4.69, 9.17) is 0 Å². The van der Waals surface area contributed by atoms with Crippen molar-refractivity contribution < 1.29 is 10.2 Å². The Balaban J connectivity index is 2.07. The van der Waals surface area contributed by atoms with Gasteiger partial charge in [0.05, 0.1) is 5.69 Å². The highest BCUT2D eigenvalue weighted by molar-refractivity contribution is 5.60. The monoisotopic (exact) mass is 236 g/mol. The van der Waals surface area contributed by atoms with Crippen molar-refractivity contribution in [3.63, 3.8) is 0 Å². The molecule has 1 aromatic rings. The van der Waals surface area contributed by atoms with Crippen LogP contribution < -0.4 is 4.90 Å². The number of benzene rings is 1. The number of anilines is 1. The third kappa shape index (κ3) is 2.64. The molecule has 0 atom stereocenters. The quantitative estimate of drug-likeness (QED) is 0.766. The summed E-state index contributed by atoms with van der Waals surface area (Å²) in [6.45, 7) is 8.15. The van der Waals surface area contributed by atoms with Gasteiger partial charge in [-0.25, -0.2) is 0 Å². The molecule has 0 amide bonds. The molecule has 17 heavy (non-hydrogen) atoms. The lowest BCUT2D eigenvalue weighted by atomic mass is 10.2. The van der Waals surface area contributed by atoms with Crippen LogP contribution in [0, 0.1) is 0 Å². The number of phenols is 2. The molecule has 0 bridgehead atoms. The number of phenolic OH excluding ortho intramolecular Hbond substituents is 2. The maximum Gasteiger partial charge on any atom is 0.139 e. The number of piperazine rings is 1. The Morgan fingerprint density at radius 3 is 2.29 bits per heavy atom. The lowest BCUT2D eigenvalue weighted by molar-refractivity contribution is 0.209. The van der Waals surface area contributed by atoms with E-state index < -0.39 is 0 Å². The Morgan fingerprint density at radius 2 is 1.71 bits per heavy atom. The molecule has 0 radical (unpaired) electrons. The average molecular weight is 236 g/mol. The summed E-state index contributed by atoms with van der Waals surface area (Å²) < 4.78 is 0. The average Bonchev–Trinajstić information content (AvgIpc) is 2.32. The standard InChI is InChI=1S/C13H20N2O2/c1-10(2)14-5-7-15(8-6-14)12-9-11(16)3-4-13(12)17/h3-4,9-10,16-17H,5-8H2,1-2H3. The summed E-state index contributed by atoms with van der Waals surface area (Å²) in [5.41, 5.74) is 0.730. The van der Waals surface area contributed by atoms with Gasteiger partial charge >= 0.3 is 0 Å². The third-order valence-electron chi connectivity index (χ3n) is 3.34. The molecule has 2 N–H and O–H groups in total. The van der Waals surface area contributed by atoms with E-state index >= 15 is 0 Å². The van der Waals surface area contributed by atoms with Gasteiger partial charge in [-0.15, -0.1) is 0 Å². The van der Waals surface area contributed by atoms with E-state index in [0.717, 1.165) is 31.9 Å². The molecule has 0 aromatic heterocycles. The van der Waals surface area contributed by atoms with E-state index in [1.807, 2.05) is 0 Å². The lowest BCUT2D eigenvalue weighted by Crippen LogP contribution is -2.48. The smallest absolute Gasteiger partial charge is 0.139 e. The Labute approximate surface area is 102 Å². The molecule has 0 spiro atoms. The van der Waals surface area contributed by atoms with Crippen LogP contribution in [0.1, 0.15) is 13.8 Å². The summed E-state index contributed by atoms with van der Waals surface area (Å²) in [5.74, 6) is 0.435. The Morgan fingerprint density at radius 1 is 1.06 bits per heavy atom. The van der Waals surface area contributed by atoms with Crippen LogP contribution in [-0.4, -0.2) is 47.3 Å². The molecule has 0 unspecified atom stereocenters. The number of nitrogens with zero attached hydrogens (tertiary/aromatic N) is 2. The van der Waals surface area contributed by atoms with E-state index in [1.54, 1.807) is 12.1 Å².